The number of carboxylic acids is 1. The Morgan fingerprint density at radius 3 is 1.30 bits per heavy atom. The van der Waals surface area contributed by atoms with Crippen molar-refractivity contribution in [3.05, 3.63) is 65.7 Å². The van der Waals surface area contributed by atoms with E-state index in [1.165, 1.54) is 58.9 Å². The third-order valence-corrected chi connectivity index (χ3v) is 17.6. The molecule has 1 saturated heterocycles. The number of primary amides is 1. The van der Waals surface area contributed by atoms with Gasteiger partial charge >= 0.3 is 5.97 Å². The summed E-state index contributed by atoms with van der Waals surface area (Å²) in [5.74, 6) is -19.0. The Morgan fingerprint density at radius 2 is 0.865 bits per heavy atom. The van der Waals surface area contributed by atoms with Crippen LogP contribution in [0.5, 0.6) is 5.75 Å². The molecule has 0 spiro atoms. The third kappa shape index (κ3) is 31.8. The van der Waals surface area contributed by atoms with E-state index in [0.29, 0.717) is 12.0 Å². The summed E-state index contributed by atoms with van der Waals surface area (Å²) < 4.78 is 0. The van der Waals surface area contributed by atoms with Crippen molar-refractivity contribution >= 4 is 113 Å². The molecule has 3 rings (SSSR count). The van der Waals surface area contributed by atoms with E-state index in [0.717, 1.165) is 11.8 Å². The van der Waals surface area contributed by atoms with E-state index >= 15 is 0 Å². The molecule has 0 aliphatic carbocycles. The summed E-state index contributed by atoms with van der Waals surface area (Å²) in [6, 6.07) is -8.83. The third-order valence-electron chi connectivity index (χ3n) is 17.2. The lowest BCUT2D eigenvalue weighted by molar-refractivity contribution is -0.145. The monoisotopic (exact) mass is 1590 g/mol. The molecule has 0 bridgehead atoms. The number of phenols is 1. The van der Waals surface area contributed by atoms with E-state index in [4.69, 9.17) is 34.4 Å². The summed E-state index contributed by atoms with van der Waals surface area (Å²) in [6.07, 6.45) is -3.12. The van der Waals surface area contributed by atoms with Gasteiger partial charge in [-0.25, -0.2) is 0 Å². The fourth-order valence-corrected chi connectivity index (χ4v) is 11.2. The van der Waals surface area contributed by atoms with E-state index in [-0.39, 0.29) is 87.1 Å². The predicted molar refractivity (Wildman–Crippen MR) is 401 cm³/mol. The van der Waals surface area contributed by atoms with Gasteiger partial charge in [0.05, 0.1) is 38.4 Å². The number of hydrogen-bond donors (Lipinski definition) is 25. The number of amides is 14. The molecule has 0 aromatic heterocycles. The largest absolute Gasteiger partial charge is 0.508 e. The Kier molecular flexibility index (Phi) is 40.0. The standard InChI is InChI=1S/C68H107N21O21S/c1-32(2)50(63(106)85-47(30-92)65(108)89-24-12-17-48(89)61(104)77-34(5)66(109)110)86-58(101)44(27-49(70)95)81-59(102)45(28-90)84-60(103)46(29-91)83-57(100)43(26-37-18-20-38(94)21-19-37)82-62(105)51(33(3)4)87-64(107)52(35(6)93)88-55(98)41(16-11-23-76-68(73)74)78-54(97)40(15-10-22-75-67(71)72)79-56(99)42(80-53(96)39(69)31-111)25-36-13-8-7-9-14-36/h7-9,13-14,18-21,32-35,39-48,50-52,90-94,111H,10-12,15-17,22-31,69H2,1-6H3,(H2,70,95)(H,77,104)(H,78,97)(H,79,99)(H,80,96)(H,81,102)(H,82,105)(H,83,100)(H,84,103)(H,85,106)(H,86,101)(H,87,107)(H,88,98)(H,109,110)(H4,71,72,75)(H4,73,74,76)/t34-,35+,39-,40-,41-,42-,43-,44-,45-,46-,47-,48-,50-,51-,52-/m0/s1. The number of nitrogens with one attached hydrogen (secondary N) is 12. The molecular formula is C68H107N21O21S. The van der Waals surface area contributed by atoms with Crippen LogP contribution in [0.4, 0.5) is 0 Å². The Labute approximate surface area is 644 Å². The molecule has 1 aliphatic rings. The average Bonchev–Trinajstić information content (AvgIpc) is 1.77. The highest BCUT2D eigenvalue weighted by Crippen LogP contribution is 2.20. The second-order valence-electron chi connectivity index (χ2n) is 26.9. The maximum Gasteiger partial charge on any atom is 0.325 e. The molecule has 1 fully saturated rings. The number of likely N-dealkylation sites (tertiary alicyclic amines) is 1. The quantitative estimate of drug-likeness (QED) is 0.0127. The van der Waals surface area contributed by atoms with Crippen LogP contribution >= 0.6 is 12.6 Å². The van der Waals surface area contributed by atoms with Crippen molar-refractivity contribution < 1.29 is 103 Å². The minimum Gasteiger partial charge on any atom is -0.508 e. The molecule has 14 amide bonds. The number of carbonyl (C=O) groups is 15. The van der Waals surface area contributed by atoms with E-state index in [1.807, 2.05) is 0 Å². The number of phenolic OH excluding ortho intramolecular Hbond substituents is 1. The van der Waals surface area contributed by atoms with Crippen LogP contribution in [0.25, 0.3) is 0 Å². The number of thiol groups is 1. The number of aliphatic hydroxyl groups is 4. The van der Waals surface area contributed by atoms with Gasteiger partial charge in [-0.2, -0.15) is 12.6 Å². The van der Waals surface area contributed by atoms with Crippen LogP contribution in [0.3, 0.4) is 0 Å². The molecule has 1 heterocycles. The highest BCUT2D eigenvalue weighted by atomic mass is 32.1. The van der Waals surface area contributed by atoms with Crippen molar-refractivity contribution in [3.8, 4) is 5.75 Å². The zero-order valence-corrected chi connectivity index (χ0v) is 63.3. The van der Waals surface area contributed by atoms with Gasteiger partial charge in [-0.3, -0.25) is 81.9 Å². The van der Waals surface area contributed by atoms with Crippen LogP contribution < -0.4 is 98.2 Å². The lowest BCUT2D eigenvalue weighted by atomic mass is 9.99. The molecule has 111 heavy (non-hydrogen) atoms. The number of nitrogens with two attached hydrogens (primary N) is 6. The summed E-state index contributed by atoms with van der Waals surface area (Å²) in [7, 11) is 0. The second-order valence-corrected chi connectivity index (χ2v) is 27.3. The topological polar surface area (TPSA) is 706 Å². The molecule has 15 atom stereocenters. The SMILES string of the molecule is CC(C)[C@H](NC(=O)[C@H](CC(N)=O)NC(=O)[C@H](CO)NC(=O)[C@H](CO)NC(=O)[C@H](Cc1ccc(O)cc1)NC(=O)[C@@H](NC(=O)[C@@H](NC(=O)[C@H](CCCN=C(N)N)NC(=O)[C@H](CCCN=C(N)N)NC(=O)[C@H](Cc1ccccc1)NC(=O)[C@@H](N)CS)[C@@H](C)O)C(C)C)C(=O)N[C@@H](CO)C(=O)N1CCC[C@H]1C(=O)N[C@@H](C)C(=O)O. The van der Waals surface area contributed by atoms with Crippen LogP contribution in [0.1, 0.15) is 97.6 Å². The Bertz CT molecular complexity index is 3590. The number of hydrogen-bond acceptors (Lipinski definition) is 24. The number of aliphatic carboxylic acids is 1. The molecule has 616 valence electrons. The van der Waals surface area contributed by atoms with Gasteiger partial charge in [-0.1, -0.05) is 70.2 Å². The Hall–Kier alpha value is -11.0. The van der Waals surface area contributed by atoms with Crippen LogP contribution in [-0.4, -0.2) is 272 Å². The number of guanidine groups is 2. The van der Waals surface area contributed by atoms with Crippen molar-refractivity contribution in [3.63, 3.8) is 0 Å². The minimum absolute atomic E-state index is 0.00325. The van der Waals surface area contributed by atoms with Gasteiger partial charge in [0, 0.05) is 38.2 Å². The minimum atomic E-state index is -2.05. The lowest BCUT2D eigenvalue weighted by Gasteiger charge is -2.30. The molecule has 0 radical (unpaired) electrons. The van der Waals surface area contributed by atoms with E-state index in [9.17, 15) is 103 Å². The summed E-state index contributed by atoms with van der Waals surface area (Å²) in [6.45, 7) is 4.55. The van der Waals surface area contributed by atoms with E-state index in [2.05, 4.69) is 86.4 Å². The first kappa shape index (κ1) is 94.2. The molecule has 2 aromatic rings. The smallest absolute Gasteiger partial charge is 0.325 e. The number of aromatic hydroxyl groups is 1. The fourth-order valence-electron chi connectivity index (χ4n) is 11.0. The molecule has 0 saturated carbocycles. The maximum absolute atomic E-state index is 14.5. The summed E-state index contributed by atoms with van der Waals surface area (Å²) in [5.41, 5.74) is 34.4. The molecule has 42 nitrogen and oxygen atoms in total. The first-order chi connectivity index (χ1) is 52.3. The first-order valence-electron chi connectivity index (χ1n) is 35.5. The van der Waals surface area contributed by atoms with Crippen LogP contribution in [-0.2, 0) is 84.8 Å². The Morgan fingerprint density at radius 1 is 0.486 bits per heavy atom. The zero-order valence-electron chi connectivity index (χ0n) is 62.4. The van der Waals surface area contributed by atoms with E-state index in [1.54, 1.807) is 30.3 Å². The second kappa shape index (κ2) is 47.1. The molecule has 2 aromatic carbocycles. The van der Waals surface area contributed by atoms with Gasteiger partial charge in [-0.15, -0.1) is 0 Å². The van der Waals surface area contributed by atoms with Crippen molar-refractivity contribution in [1.29, 1.82) is 0 Å². The lowest BCUT2D eigenvalue weighted by Crippen LogP contribution is -2.63. The molecule has 1 aliphatic heterocycles. The molecule has 43 heteroatoms. The number of aliphatic hydroxyl groups excluding tert-OH is 4. The van der Waals surface area contributed by atoms with Gasteiger partial charge in [0.1, 0.15) is 84.3 Å². The van der Waals surface area contributed by atoms with Gasteiger partial charge in [-0.05, 0) is 87.5 Å². The first-order valence-corrected chi connectivity index (χ1v) is 36.2. The Balaban J connectivity index is 1.89. The van der Waals surface area contributed by atoms with Gasteiger partial charge < -0.3 is 134 Å². The number of carbonyl (C=O) groups excluding carboxylic acids is 14. The number of aliphatic imine (C=N–C) groups is 2. The number of rotatable bonds is 47. The van der Waals surface area contributed by atoms with Crippen molar-refractivity contribution in [1.82, 2.24) is 68.7 Å². The summed E-state index contributed by atoms with van der Waals surface area (Å²) in [5, 5.41) is 90.2. The maximum atomic E-state index is 14.5. The van der Waals surface area contributed by atoms with Crippen LogP contribution in [0.15, 0.2) is 64.6 Å². The molecule has 0 unspecified atom stereocenters. The molecule has 30 N–H and O–H groups in total. The van der Waals surface area contributed by atoms with Crippen LogP contribution in [0.2, 0.25) is 0 Å². The average molecular weight is 1590 g/mol. The molecular weight excluding hydrogens is 1480 g/mol. The summed E-state index contributed by atoms with van der Waals surface area (Å²) in [4.78, 5) is 214. The van der Waals surface area contributed by atoms with Crippen LogP contribution in [0, 0.1) is 11.8 Å². The highest BCUT2D eigenvalue weighted by molar-refractivity contribution is 7.80. The summed E-state index contributed by atoms with van der Waals surface area (Å²) >= 11 is 4.09. The van der Waals surface area contributed by atoms with Gasteiger partial charge in [0.25, 0.3) is 0 Å². The van der Waals surface area contributed by atoms with Crippen molar-refractivity contribution in [2.75, 3.05) is 45.2 Å². The van der Waals surface area contributed by atoms with Crippen molar-refractivity contribution in [2.45, 2.75) is 190 Å². The van der Waals surface area contributed by atoms with Gasteiger partial charge in [0.15, 0.2) is 11.9 Å². The predicted octanol–water partition coefficient (Wildman–Crippen LogP) is -10.0. The fraction of sp³-hybridized carbons (Fsp3) is 0.574. The normalized spacial score (nSPS) is 16.3. The van der Waals surface area contributed by atoms with Crippen molar-refractivity contribution in [2.24, 2.45) is 56.2 Å². The van der Waals surface area contributed by atoms with E-state index < -0.39 is 224 Å². The highest BCUT2D eigenvalue weighted by Gasteiger charge is 2.42. The number of benzene rings is 2. The van der Waals surface area contributed by atoms with Gasteiger partial charge in [0.2, 0.25) is 82.7 Å². The zero-order chi connectivity index (χ0) is 83.5. The number of carboxylic acid groups (broad SMARTS) is 1. The number of nitrogens with zero attached hydrogens (tertiary/aromatic N) is 3.